The fourth-order valence-electron chi connectivity index (χ4n) is 0.811. The Balaban J connectivity index is 0.00000196. The first kappa shape index (κ1) is 10.4. The predicted octanol–water partition coefficient (Wildman–Crippen LogP) is 0.0537. The van der Waals surface area contributed by atoms with Crippen molar-refractivity contribution in [3.8, 4) is 0 Å². The lowest BCUT2D eigenvalue weighted by atomic mass is 10.5. The van der Waals surface area contributed by atoms with Crippen molar-refractivity contribution in [2.45, 2.75) is 26.5 Å². The van der Waals surface area contributed by atoms with Gasteiger partial charge in [0.1, 0.15) is 6.33 Å². The Morgan fingerprint density at radius 3 is 3.07 bits per heavy atom. The van der Waals surface area contributed by atoms with E-state index in [4.69, 9.17) is 4.74 Å². The van der Waals surface area contributed by atoms with Gasteiger partial charge in [-0.1, -0.05) is 0 Å². The van der Waals surface area contributed by atoms with Gasteiger partial charge in [0, 0.05) is 7.97 Å². The molecule has 0 atom stereocenters. The molecule has 14 heavy (non-hydrogen) atoms. The summed E-state index contributed by atoms with van der Waals surface area (Å²) in [5, 5.41) is 13.1. The van der Waals surface area contributed by atoms with Crippen LogP contribution in [-0.4, -0.2) is 38.9 Å². The molecule has 1 amide bonds. The fourth-order valence-corrected chi connectivity index (χ4v) is 0.811. The van der Waals surface area contributed by atoms with Crippen LogP contribution in [0.15, 0.2) is 6.33 Å². The van der Waals surface area contributed by atoms with Crippen LogP contribution in [0.3, 0.4) is 0 Å². The summed E-state index contributed by atoms with van der Waals surface area (Å²) in [4.78, 5) is 11.0. The SMILES string of the molecule is CC(C)OC(=O)NCCn1cnnn1.[HH]. The number of nitrogens with one attached hydrogen (secondary N) is 1. The quantitative estimate of drug-likeness (QED) is 0.744. The second-order valence-electron chi connectivity index (χ2n) is 2.95. The lowest BCUT2D eigenvalue weighted by molar-refractivity contribution is 0.115. The molecule has 1 rings (SSSR count). The van der Waals surface area contributed by atoms with Crippen LogP contribution >= 0.6 is 0 Å². The zero-order valence-corrected chi connectivity index (χ0v) is 8.17. The van der Waals surface area contributed by atoms with Gasteiger partial charge in [0.05, 0.1) is 12.6 Å². The van der Waals surface area contributed by atoms with Gasteiger partial charge in [0.2, 0.25) is 0 Å². The highest BCUT2D eigenvalue weighted by Crippen LogP contribution is 1.87. The average Bonchev–Trinajstić information content (AvgIpc) is 2.55. The minimum Gasteiger partial charge on any atom is -0.447 e. The van der Waals surface area contributed by atoms with Gasteiger partial charge in [-0.05, 0) is 24.3 Å². The van der Waals surface area contributed by atoms with Gasteiger partial charge < -0.3 is 10.1 Å². The summed E-state index contributed by atoms with van der Waals surface area (Å²) in [6.07, 6.45) is 0.950. The van der Waals surface area contributed by atoms with Crippen molar-refractivity contribution in [1.29, 1.82) is 0 Å². The minimum atomic E-state index is -0.423. The van der Waals surface area contributed by atoms with Crippen LogP contribution in [0.5, 0.6) is 0 Å². The zero-order chi connectivity index (χ0) is 10.4. The number of alkyl carbamates (subject to hydrolysis) is 1. The molecule has 0 spiro atoms. The maximum absolute atomic E-state index is 11.0. The largest absolute Gasteiger partial charge is 0.447 e. The molecule has 0 saturated carbocycles. The Kier molecular flexibility index (Phi) is 3.84. The number of amides is 1. The molecular formula is C7H15N5O2. The fraction of sp³-hybridized carbons (Fsp3) is 0.714. The molecule has 0 fully saturated rings. The van der Waals surface area contributed by atoms with Crippen molar-refractivity contribution in [2.24, 2.45) is 0 Å². The molecule has 0 aliphatic heterocycles. The highest BCUT2D eigenvalue weighted by Gasteiger charge is 2.03. The van der Waals surface area contributed by atoms with Crippen molar-refractivity contribution in [2.75, 3.05) is 6.54 Å². The highest BCUT2D eigenvalue weighted by molar-refractivity contribution is 5.67. The molecule has 1 aromatic heterocycles. The van der Waals surface area contributed by atoms with E-state index in [1.807, 2.05) is 0 Å². The first-order chi connectivity index (χ1) is 6.68. The Morgan fingerprint density at radius 2 is 2.50 bits per heavy atom. The minimum absolute atomic E-state index is 0. The second kappa shape index (κ2) is 5.15. The molecule has 1 heterocycles. The van der Waals surface area contributed by atoms with Crippen LogP contribution in [0.4, 0.5) is 4.79 Å². The first-order valence-corrected chi connectivity index (χ1v) is 4.33. The molecular weight excluding hydrogens is 186 g/mol. The van der Waals surface area contributed by atoms with Gasteiger partial charge in [0.15, 0.2) is 0 Å². The topological polar surface area (TPSA) is 81.9 Å². The summed E-state index contributed by atoms with van der Waals surface area (Å²) >= 11 is 0. The van der Waals surface area contributed by atoms with E-state index in [0.29, 0.717) is 13.1 Å². The Labute approximate surface area is 82.9 Å². The third-order valence-electron chi connectivity index (χ3n) is 1.34. The lowest BCUT2D eigenvalue weighted by Crippen LogP contribution is -2.29. The molecule has 0 aliphatic carbocycles. The third-order valence-corrected chi connectivity index (χ3v) is 1.34. The molecule has 0 aromatic carbocycles. The van der Waals surface area contributed by atoms with Crippen LogP contribution in [0.2, 0.25) is 0 Å². The first-order valence-electron chi connectivity index (χ1n) is 4.33. The number of hydrogen-bond acceptors (Lipinski definition) is 5. The van der Waals surface area contributed by atoms with E-state index in [2.05, 4.69) is 20.8 Å². The number of tetrazole rings is 1. The van der Waals surface area contributed by atoms with Crippen LogP contribution < -0.4 is 5.32 Å². The molecule has 1 N–H and O–H groups in total. The zero-order valence-electron chi connectivity index (χ0n) is 8.17. The third kappa shape index (κ3) is 3.83. The summed E-state index contributed by atoms with van der Waals surface area (Å²) in [6, 6.07) is 0. The predicted molar refractivity (Wildman–Crippen MR) is 49.6 cm³/mol. The van der Waals surface area contributed by atoms with E-state index >= 15 is 0 Å². The van der Waals surface area contributed by atoms with Gasteiger partial charge in [-0.3, -0.25) is 0 Å². The van der Waals surface area contributed by atoms with Crippen molar-refractivity contribution in [3.05, 3.63) is 6.33 Å². The normalized spacial score (nSPS) is 10.2. The molecule has 0 aliphatic rings. The van der Waals surface area contributed by atoms with Crippen molar-refractivity contribution in [1.82, 2.24) is 25.5 Å². The standard InChI is InChI=1S/C7H13N5O2.H2/c1-6(2)14-7(13)8-3-4-12-5-9-10-11-12;/h5-6H,3-4H2,1-2H3,(H,8,13);1H. The van der Waals surface area contributed by atoms with Gasteiger partial charge in [-0.15, -0.1) is 5.10 Å². The van der Waals surface area contributed by atoms with Crippen molar-refractivity contribution >= 4 is 6.09 Å². The van der Waals surface area contributed by atoms with Crippen LogP contribution in [0, 0.1) is 0 Å². The molecule has 80 valence electrons. The van der Waals surface area contributed by atoms with Crippen LogP contribution in [0.1, 0.15) is 15.3 Å². The molecule has 7 nitrogen and oxygen atoms in total. The summed E-state index contributed by atoms with van der Waals surface area (Å²) < 4.78 is 6.38. The Bertz CT molecular complexity index is 277. The lowest BCUT2D eigenvalue weighted by Gasteiger charge is -2.08. The number of ether oxygens (including phenoxy) is 1. The van der Waals surface area contributed by atoms with E-state index in [1.54, 1.807) is 13.8 Å². The Hall–Kier alpha value is -1.66. The van der Waals surface area contributed by atoms with E-state index in [9.17, 15) is 4.79 Å². The average molecular weight is 201 g/mol. The van der Waals surface area contributed by atoms with Gasteiger partial charge in [-0.25, -0.2) is 9.48 Å². The van der Waals surface area contributed by atoms with E-state index in [-0.39, 0.29) is 7.53 Å². The summed E-state index contributed by atoms with van der Waals surface area (Å²) in [5.41, 5.74) is 0. The molecule has 1 aromatic rings. The number of aromatic nitrogens is 4. The molecule has 0 saturated heterocycles. The number of carbonyl (C=O) groups is 1. The van der Waals surface area contributed by atoms with Gasteiger partial charge >= 0.3 is 6.09 Å². The van der Waals surface area contributed by atoms with Gasteiger partial charge in [-0.2, -0.15) is 0 Å². The maximum atomic E-state index is 11.0. The van der Waals surface area contributed by atoms with Gasteiger partial charge in [0.25, 0.3) is 0 Å². The van der Waals surface area contributed by atoms with E-state index in [1.165, 1.54) is 11.0 Å². The molecule has 0 bridgehead atoms. The highest BCUT2D eigenvalue weighted by atomic mass is 16.6. The summed E-state index contributed by atoms with van der Waals surface area (Å²) in [7, 11) is 0. The summed E-state index contributed by atoms with van der Waals surface area (Å²) in [5.74, 6) is 0. The van der Waals surface area contributed by atoms with Crippen LogP contribution in [0.25, 0.3) is 0 Å². The number of rotatable bonds is 4. The molecule has 0 radical (unpaired) electrons. The maximum Gasteiger partial charge on any atom is 0.407 e. The molecule has 7 heteroatoms. The number of hydrogen-bond donors (Lipinski definition) is 1. The second-order valence-corrected chi connectivity index (χ2v) is 2.95. The number of nitrogens with zero attached hydrogens (tertiary/aromatic N) is 4. The van der Waals surface area contributed by atoms with Crippen molar-refractivity contribution < 1.29 is 11.0 Å². The van der Waals surface area contributed by atoms with Crippen LogP contribution in [-0.2, 0) is 11.3 Å². The molecule has 0 unspecified atom stereocenters. The number of carbonyl (C=O) groups excluding carboxylic acids is 1. The van der Waals surface area contributed by atoms with E-state index < -0.39 is 6.09 Å². The van der Waals surface area contributed by atoms with E-state index in [0.717, 1.165) is 0 Å². The Morgan fingerprint density at radius 1 is 1.71 bits per heavy atom. The van der Waals surface area contributed by atoms with Crippen molar-refractivity contribution in [3.63, 3.8) is 0 Å². The smallest absolute Gasteiger partial charge is 0.407 e. The monoisotopic (exact) mass is 201 g/mol. The summed E-state index contributed by atoms with van der Waals surface area (Å²) in [6.45, 7) is 4.55.